The summed E-state index contributed by atoms with van der Waals surface area (Å²) in [6, 6.07) is 17.7. The molecule has 0 saturated carbocycles. The quantitative estimate of drug-likeness (QED) is 0.362. The zero-order chi connectivity index (χ0) is 24.4. The molecule has 8 nitrogen and oxygen atoms in total. The van der Waals surface area contributed by atoms with E-state index in [9.17, 15) is 13.2 Å². The van der Waals surface area contributed by atoms with Gasteiger partial charge >= 0.3 is 0 Å². The number of amides is 1. The number of hydrogen-bond acceptors (Lipinski definition) is 7. The number of rotatable bonds is 7. The monoisotopic (exact) mass is 511 g/mol. The van der Waals surface area contributed by atoms with Crippen LogP contribution in [0.1, 0.15) is 18.6 Å². The van der Waals surface area contributed by atoms with Crippen LogP contribution in [0.3, 0.4) is 0 Å². The van der Waals surface area contributed by atoms with E-state index in [0.29, 0.717) is 29.5 Å². The number of aromatic nitrogens is 1. The number of nitrogens with zero attached hydrogens (tertiary/aromatic N) is 3. The van der Waals surface area contributed by atoms with Crippen molar-refractivity contribution in [2.75, 3.05) is 25.1 Å². The number of para-hydroxylation sites is 1. The van der Waals surface area contributed by atoms with Crippen molar-refractivity contribution in [1.82, 2.24) is 9.29 Å². The summed E-state index contributed by atoms with van der Waals surface area (Å²) in [6.45, 7) is 0.828. The van der Waals surface area contributed by atoms with E-state index >= 15 is 0 Å². The normalized spacial score (nSPS) is 15.3. The van der Waals surface area contributed by atoms with Crippen molar-refractivity contribution in [3.63, 3.8) is 0 Å². The van der Waals surface area contributed by atoms with Crippen LogP contribution in [0.15, 0.2) is 76.2 Å². The molecule has 1 fully saturated rings. The number of fused-ring (bicyclic) bond motifs is 1. The number of sulfonamides is 1. The second-order valence-corrected chi connectivity index (χ2v) is 11.3. The number of carbonyl (C=O) groups is 1. The Hall–Kier alpha value is -3.21. The van der Waals surface area contributed by atoms with Crippen LogP contribution < -0.4 is 9.64 Å². The van der Waals surface area contributed by atoms with E-state index in [1.54, 1.807) is 41.5 Å². The minimum atomic E-state index is -3.64. The van der Waals surface area contributed by atoms with Crippen LogP contribution in [0.25, 0.3) is 10.2 Å². The van der Waals surface area contributed by atoms with Crippen molar-refractivity contribution < 1.29 is 22.4 Å². The van der Waals surface area contributed by atoms with Gasteiger partial charge in [0.1, 0.15) is 11.5 Å². The highest BCUT2D eigenvalue weighted by Crippen LogP contribution is 2.33. The first-order valence-electron chi connectivity index (χ1n) is 11.3. The summed E-state index contributed by atoms with van der Waals surface area (Å²) < 4.78 is 39.3. The number of furan rings is 1. The Balaban J connectivity index is 1.33. The molecule has 0 unspecified atom stereocenters. The molecule has 1 aliphatic rings. The Morgan fingerprint density at radius 2 is 1.86 bits per heavy atom. The molecule has 4 aromatic rings. The van der Waals surface area contributed by atoms with Crippen LogP contribution >= 0.6 is 11.3 Å². The van der Waals surface area contributed by atoms with Gasteiger partial charge in [0, 0.05) is 19.0 Å². The Kier molecular flexibility index (Phi) is 6.59. The lowest BCUT2D eigenvalue weighted by atomic mass is 9.96. The molecule has 0 N–H and O–H groups in total. The number of ether oxygens (including phenoxy) is 1. The van der Waals surface area contributed by atoms with E-state index in [0.717, 1.165) is 10.2 Å². The zero-order valence-corrected chi connectivity index (χ0v) is 20.8. The maximum absolute atomic E-state index is 13.7. The standard InChI is InChI=1S/C25H25N3O5S2/c1-32-19-8-10-21(11-9-19)35(30,31)27-14-12-18(13-15-27)24(29)28(17-20-5-4-16-33-20)25-26-22-6-2-3-7-23(22)34-25/h2-11,16,18H,12-15,17H2,1H3. The van der Waals surface area contributed by atoms with Crippen molar-refractivity contribution in [2.45, 2.75) is 24.3 Å². The molecule has 0 aliphatic carbocycles. The Labute approximate surface area is 207 Å². The molecule has 1 aliphatic heterocycles. The second kappa shape index (κ2) is 9.80. The summed E-state index contributed by atoms with van der Waals surface area (Å²) in [6.07, 6.45) is 2.46. The van der Waals surface area contributed by atoms with Gasteiger partial charge in [0.15, 0.2) is 5.13 Å². The molecule has 2 aromatic heterocycles. The molecular weight excluding hydrogens is 486 g/mol. The van der Waals surface area contributed by atoms with Crippen molar-refractivity contribution >= 4 is 42.6 Å². The fourth-order valence-electron chi connectivity index (χ4n) is 4.23. The number of hydrogen-bond donors (Lipinski definition) is 0. The first-order valence-corrected chi connectivity index (χ1v) is 13.5. The highest BCUT2D eigenvalue weighted by Gasteiger charge is 2.35. The van der Waals surface area contributed by atoms with Gasteiger partial charge in [-0.15, -0.1) is 0 Å². The molecule has 1 amide bonds. The lowest BCUT2D eigenvalue weighted by molar-refractivity contribution is -0.123. The Morgan fingerprint density at radius 3 is 2.51 bits per heavy atom. The molecule has 0 spiro atoms. The van der Waals surface area contributed by atoms with Gasteiger partial charge in [-0.25, -0.2) is 13.4 Å². The SMILES string of the molecule is COc1ccc(S(=O)(=O)N2CCC(C(=O)N(Cc3ccco3)c3nc4ccccc4s3)CC2)cc1. The molecule has 2 aromatic carbocycles. The van der Waals surface area contributed by atoms with Gasteiger partial charge in [-0.3, -0.25) is 9.69 Å². The number of methoxy groups -OCH3 is 1. The van der Waals surface area contributed by atoms with Gasteiger partial charge in [-0.1, -0.05) is 23.5 Å². The molecule has 5 rings (SSSR count). The zero-order valence-electron chi connectivity index (χ0n) is 19.2. The molecule has 0 atom stereocenters. The Morgan fingerprint density at radius 1 is 1.11 bits per heavy atom. The number of thiazole rings is 1. The van der Waals surface area contributed by atoms with Crippen molar-refractivity contribution in [3.8, 4) is 5.75 Å². The minimum absolute atomic E-state index is 0.0676. The third kappa shape index (κ3) is 4.82. The van der Waals surface area contributed by atoms with Gasteiger partial charge in [0.05, 0.1) is 35.0 Å². The van der Waals surface area contributed by atoms with Crippen LogP contribution in [-0.2, 0) is 21.4 Å². The van der Waals surface area contributed by atoms with Gasteiger partial charge in [-0.2, -0.15) is 4.31 Å². The van der Waals surface area contributed by atoms with Crippen LogP contribution in [0.2, 0.25) is 0 Å². The number of carbonyl (C=O) groups excluding carboxylic acids is 1. The van der Waals surface area contributed by atoms with Crippen LogP contribution in [0.5, 0.6) is 5.75 Å². The van der Waals surface area contributed by atoms with Gasteiger partial charge in [0.2, 0.25) is 15.9 Å². The van der Waals surface area contributed by atoms with Gasteiger partial charge in [-0.05, 0) is 61.4 Å². The first kappa shape index (κ1) is 23.5. The summed E-state index contributed by atoms with van der Waals surface area (Å²) in [5.74, 6) is 0.887. The third-order valence-corrected chi connectivity index (χ3v) is 9.15. The summed E-state index contributed by atoms with van der Waals surface area (Å²) >= 11 is 1.46. The molecular formula is C25H25N3O5S2. The van der Waals surface area contributed by atoms with E-state index in [2.05, 4.69) is 4.98 Å². The largest absolute Gasteiger partial charge is 0.497 e. The van der Waals surface area contributed by atoms with E-state index in [1.165, 1.54) is 22.8 Å². The van der Waals surface area contributed by atoms with Crippen molar-refractivity contribution in [2.24, 2.45) is 5.92 Å². The van der Waals surface area contributed by atoms with E-state index in [-0.39, 0.29) is 36.4 Å². The minimum Gasteiger partial charge on any atom is -0.497 e. The summed E-state index contributed by atoms with van der Waals surface area (Å²) in [5, 5.41) is 0.612. The smallest absolute Gasteiger partial charge is 0.243 e. The maximum atomic E-state index is 13.7. The maximum Gasteiger partial charge on any atom is 0.243 e. The van der Waals surface area contributed by atoms with Crippen LogP contribution in [0.4, 0.5) is 5.13 Å². The second-order valence-electron chi connectivity index (χ2n) is 8.32. The van der Waals surface area contributed by atoms with Gasteiger partial charge in [0.25, 0.3) is 0 Å². The number of anilines is 1. The number of piperidine rings is 1. The predicted octanol–water partition coefficient (Wildman–Crippen LogP) is 4.53. The third-order valence-electron chi connectivity index (χ3n) is 6.17. The van der Waals surface area contributed by atoms with Crippen LogP contribution in [-0.4, -0.2) is 43.8 Å². The fourth-order valence-corrected chi connectivity index (χ4v) is 6.67. The average molecular weight is 512 g/mol. The molecule has 10 heteroatoms. The molecule has 0 radical (unpaired) electrons. The van der Waals surface area contributed by atoms with E-state index in [1.807, 2.05) is 30.3 Å². The van der Waals surface area contributed by atoms with E-state index in [4.69, 9.17) is 9.15 Å². The lowest BCUT2D eigenvalue weighted by Crippen LogP contribution is -2.44. The first-order chi connectivity index (χ1) is 17.0. The van der Waals surface area contributed by atoms with Gasteiger partial charge < -0.3 is 9.15 Å². The molecule has 1 saturated heterocycles. The molecule has 35 heavy (non-hydrogen) atoms. The topological polar surface area (TPSA) is 93.0 Å². The van der Waals surface area contributed by atoms with Crippen LogP contribution in [0, 0.1) is 5.92 Å². The fraction of sp³-hybridized carbons (Fsp3) is 0.280. The summed E-state index contributed by atoms with van der Waals surface area (Å²) in [7, 11) is -2.10. The average Bonchev–Trinajstić information content (AvgIpc) is 3.56. The highest BCUT2D eigenvalue weighted by atomic mass is 32.2. The molecule has 3 heterocycles. The van der Waals surface area contributed by atoms with Crippen molar-refractivity contribution in [1.29, 1.82) is 0 Å². The van der Waals surface area contributed by atoms with E-state index < -0.39 is 10.0 Å². The number of benzene rings is 2. The molecule has 0 bridgehead atoms. The molecule has 182 valence electrons. The van der Waals surface area contributed by atoms with Crippen molar-refractivity contribution in [3.05, 3.63) is 72.7 Å². The lowest BCUT2D eigenvalue weighted by Gasteiger charge is -2.32. The predicted molar refractivity (Wildman–Crippen MR) is 134 cm³/mol. The summed E-state index contributed by atoms with van der Waals surface area (Å²) in [5.41, 5.74) is 0.838. The Bertz CT molecular complexity index is 1370. The highest BCUT2D eigenvalue weighted by molar-refractivity contribution is 7.89. The summed E-state index contributed by atoms with van der Waals surface area (Å²) in [4.78, 5) is 20.2.